The average molecular weight is 386 g/mol. The van der Waals surface area contributed by atoms with E-state index in [1.807, 2.05) is 45.0 Å². The molecule has 0 atom stereocenters. The molecule has 0 aliphatic rings. The summed E-state index contributed by atoms with van der Waals surface area (Å²) in [5.41, 5.74) is 4.91. The van der Waals surface area contributed by atoms with Crippen molar-refractivity contribution in [3.05, 3.63) is 59.5 Å². The van der Waals surface area contributed by atoms with Gasteiger partial charge in [-0.05, 0) is 63.5 Å². The Bertz CT molecular complexity index is 772. The van der Waals surface area contributed by atoms with Crippen LogP contribution in [-0.2, 0) is 4.79 Å². The van der Waals surface area contributed by atoms with Gasteiger partial charge >= 0.3 is 0 Å². The molecule has 0 unspecified atom stereocenters. The van der Waals surface area contributed by atoms with Crippen LogP contribution in [0.15, 0.2) is 63.8 Å². The average Bonchev–Trinajstić information content (AvgIpc) is 2.61. The fraction of sp³-hybridized carbons (Fsp3) is 0.364. The largest absolute Gasteiger partial charge is 0.353 e. The van der Waals surface area contributed by atoms with Gasteiger partial charge in [0.15, 0.2) is 0 Å². The van der Waals surface area contributed by atoms with Gasteiger partial charge in [0.25, 0.3) is 5.91 Å². The molecule has 146 valence electrons. The third kappa shape index (κ3) is 7.47. The SMILES string of the molecule is C=C/C=C(/Nc1ccc(C)cc1S)C(/N=C(\C)C(=O)NCCCC)=C(C)C. The summed E-state index contributed by atoms with van der Waals surface area (Å²) >= 11 is 4.55. The van der Waals surface area contributed by atoms with Gasteiger partial charge in [0.1, 0.15) is 5.71 Å². The Labute approximate surface area is 169 Å². The number of thiol groups is 1. The summed E-state index contributed by atoms with van der Waals surface area (Å²) in [6.45, 7) is 14.2. The molecule has 27 heavy (non-hydrogen) atoms. The fourth-order valence-corrected chi connectivity index (χ4v) is 2.69. The number of allylic oxidation sites excluding steroid dienone is 3. The van der Waals surface area contributed by atoms with E-state index in [0.29, 0.717) is 18.0 Å². The number of aliphatic imine (C=N–C) groups is 1. The van der Waals surface area contributed by atoms with Crippen LogP contribution >= 0.6 is 12.6 Å². The van der Waals surface area contributed by atoms with Gasteiger partial charge in [0, 0.05) is 11.4 Å². The summed E-state index contributed by atoms with van der Waals surface area (Å²) in [7, 11) is 0. The molecular weight excluding hydrogens is 354 g/mol. The van der Waals surface area contributed by atoms with Crippen LogP contribution in [0.25, 0.3) is 0 Å². The Balaban J connectivity index is 3.15. The highest BCUT2D eigenvalue weighted by molar-refractivity contribution is 7.80. The number of anilines is 1. The maximum Gasteiger partial charge on any atom is 0.265 e. The number of amides is 1. The monoisotopic (exact) mass is 385 g/mol. The standard InChI is InChI=1S/C22H31N3OS/c1-7-9-13-23-22(26)17(6)24-21(15(3)4)19(10-8-2)25-18-12-11-16(5)14-20(18)27/h8,10-12,14,25,27H,2,7,9,13H2,1,3-6H3,(H,23,26)/b19-10+,24-17+. The Hall–Kier alpha value is -2.27. The zero-order valence-electron chi connectivity index (χ0n) is 17.0. The molecule has 0 aliphatic heterocycles. The van der Waals surface area contributed by atoms with Gasteiger partial charge in [-0.1, -0.05) is 32.1 Å². The third-order valence-electron chi connectivity index (χ3n) is 3.86. The van der Waals surface area contributed by atoms with Crippen LogP contribution in [-0.4, -0.2) is 18.2 Å². The number of aryl methyl sites for hydroxylation is 1. The van der Waals surface area contributed by atoms with E-state index in [2.05, 4.69) is 41.8 Å². The Morgan fingerprint density at radius 3 is 2.56 bits per heavy atom. The van der Waals surface area contributed by atoms with E-state index in [1.165, 1.54) is 0 Å². The smallest absolute Gasteiger partial charge is 0.265 e. The molecule has 0 fully saturated rings. The second-order valence-corrected chi connectivity index (χ2v) is 7.10. The van der Waals surface area contributed by atoms with Crippen molar-refractivity contribution in [3.63, 3.8) is 0 Å². The number of nitrogens with one attached hydrogen (secondary N) is 2. The summed E-state index contributed by atoms with van der Waals surface area (Å²) in [5, 5.41) is 6.27. The molecule has 0 saturated carbocycles. The van der Waals surface area contributed by atoms with Crippen molar-refractivity contribution in [1.82, 2.24) is 5.32 Å². The molecule has 1 amide bonds. The second kappa shape index (κ2) is 11.4. The minimum atomic E-state index is -0.148. The Morgan fingerprint density at radius 1 is 1.30 bits per heavy atom. The van der Waals surface area contributed by atoms with Gasteiger partial charge in [0.05, 0.1) is 17.1 Å². The minimum Gasteiger partial charge on any atom is -0.353 e. The number of rotatable bonds is 9. The van der Waals surface area contributed by atoms with E-state index in [4.69, 9.17) is 0 Å². The summed E-state index contributed by atoms with van der Waals surface area (Å²) in [6.07, 6.45) is 5.54. The molecule has 0 heterocycles. The molecule has 0 aromatic heterocycles. The van der Waals surface area contributed by atoms with Crippen LogP contribution in [0.3, 0.4) is 0 Å². The zero-order chi connectivity index (χ0) is 20.4. The van der Waals surface area contributed by atoms with Crippen LogP contribution in [0.1, 0.15) is 46.1 Å². The van der Waals surface area contributed by atoms with E-state index in [-0.39, 0.29) is 5.91 Å². The summed E-state index contributed by atoms with van der Waals surface area (Å²) in [4.78, 5) is 17.7. The van der Waals surface area contributed by atoms with Gasteiger partial charge in [-0.2, -0.15) is 0 Å². The van der Waals surface area contributed by atoms with E-state index >= 15 is 0 Å². The molecule has 1 aromatic carbocycles. The lowest BCUT2D eigenvalue weighted by molar-refractivity contribution is -0.114. The number of nitrogens with zero attached hydrogens (tertiary/aromatic N) is 1. The first-order chi connectivity index (χ1) is 12.8. The number of hydrogen-bond donors (Lipinski definition) is 3. The summed E-state index contributed by atoms with van der Waals surface area (Å²) < 4.78 is 0. The van der Waals surface area contributed by atoms with Gasteiger partial charge in [0.2, 0.25) is 0 Å². The molecule has 0 saturated heterocycles. The van der Waals surface area contributed by atoms with E-state index in [1.54, 1.807) is 13.0 Å². The molecule has 4 nitrogen and oxygen atoms in total. The van der Waals surface area contributed by atoms with Crippen molar-refractivity contribution in [3.8, 4) is 0 Å². The summed E-state index contributed by atoms with van der Waals surface area (Å²) in [5.74, 6) is -0.148. The quantitative estimate of drug-likeness (QED) is 0.229. The number of unbranched alkanes of at least 4 members (excludes halogenated alkanes) is 1. The first kappa shape index (κ1) is 22.8. The van der Waals surface area contributed by atoms with Crippen LogP contribution in [0.5, 0.6) is 0 Å². The van der Waals surface area contributed by atoms with Gasteiger partial charge in [-0.15, -0.1) is 12.6 Å². The third-order valence-corrected chi connectivity index (χ3v) is 4.23. The van der Waals surface area contributed by atoms with E-state index < -0.39 is 0 Å². The minimum absolute atomic E-state index is 0.148. The van der Waals surface area contributed by atoms with Crippen molar-refractivity contribution in [2.75, 3.05) is 11.9 Å². The second-order valence-electron chi connectivity index (χ2n) is 6.62. The van der Waals surface area contributed by atoms with Gasteiger partial charge in [-0.3, -0.25) is 4.79 Å². The normalized spacial score (nSPS) is 11.8. The number of benzene rings is 1. The first-order valence-corrected chi connectivity index (χ1v) is 9.65. The predicted octanol–water partition coefficient (Wildman–Crippen LogP) is 5.44. The first-order valence-electron chi connectivity index (χ1n) is 9.20. The van der Waals surface area contributed by atoms with Crippen LogP contribution in [0.4, 0.5) is 5.69 Å². The Kier molecular flexibility index (Phi) is 9.65. The lowest BCUT2D eigenvalue weighted by atomic mass is 10.1. The molecule has 0 spiro atoms. The molecule has 1 rings (SSSR count). The molecule has 5 heteroatoms. The van der Waals surface area contributed by atoms with Crippen molar-refractivity contribution in [2.45, 2.75) is 52.4 Å². The van der Waals surface area contributed by atoms with Crippen molar-refractivity contribution < 1.29 is 4.79 Å². The maximum atomic E-state index is 12.3. The summed E-state index contributed by atoms with van der Waals surface area (Å²) in [6, 6.07) is 5.99. The number of hydrogen-bond acceptors (Lipinski definition) is 4. The van der Waals surface area contributed by atoms with Crippen molar-refractivity contribution in [1.29, 1.82) is 0 Å². The Morgan fingerprint density at radius 2 is 2.00 bits per heavy atom. The van der Waals surface area contributed by atoms with Gasteiger partial charge in [-0.25, -0.2) is 4.99 Å². The number of carbonyl (C=O) groups excluding carboxylic acids is 1. The molecule has 0 radical (unpaired) electrons. The maximum absolute atomic E-state index is 12.3. The highest BCUT2D eigenvalue weighted by Crippen LogP contribution is 2.26. The van der Waals surface area contributed by atoms with Crippen LogP contribution in [0, 0.1) is 6.92 Å². The highest BCUT2D eigenvalue weighted by Gasteiger charge is 2.12. The number of carbonyl (C=O) groups is 1. The molecule has 2 N–H and O–H groups in total. The van der Waals surface area contributed by atoms with E-state index in [0.717, 1.165) is 40.3 Å². The lowest BCUT2D eigenvalue weighted by Crippen LogP contribution is -2.30. The van der Waals surface area contributed by atoms with E-state index in [9.17, 15) is 4.79 Å². The lowest BCUT2D eigenvalue weighted by Gasteiger charge is -2.16. The van der Waals surface area contributed by atoms with Gasteiger partial charge < -0.3 is 10.6 Å². The highest BCUT2D eigenvalue weighted by atomic mass is 32.1. The molecule has 0 bridgehead atoms. The predicted molar refractivity (Wildman–Crippen MR) is 120 cm³/mol. The van der Waals surface area contributed by atoms with Crippen molar-refractivity contribution >= 4 is 29.9 Å². The van der Waals surface area contributed by atoms with Crippen molar-refractivity contribution in [2.24, 2.45) is 4.99 Å². The molecular formula is C22H31N3OS. The van der Waals surface area contributed by atoms with Crippen LogP contribution in [0.2, 0.25) is 0 Å². The van der Waals surface area contributed by atoms with Crippen LogP contribution < -0.4 is 10.6 Å². The molecule has 1 aromatic rings. The topological polar surface area (TPSA) is 53.5 Å². The zero-order valence-corrected chi connectivity index (χ0v) is 17.9. The fourth-order valence-electron chi connectivity index (χ4n) is 2.36. The molecule has 0 aliphatic carbocycles.